The lowest BCUT2D eigenvalue weighted by Crippen LogP contribution is -2.34. The number of Topliss-reactive ketones (excluding diaryl/α,β-unsaturated/α-hetero) is 1. The van der Waals surface area contributed by atoms with Gasteiger partial charge in [-0.1, -0.05) is 0 Å². The van der Waals surface area contributed by atoms with Crippen molar-refractivity contribution in [3.63, 3.8) is 0 Å². The highest BCUT2D eigenvalue weighted by molar-refractivity contribution is 5.78. The first-order valence-electron chi connectivity index (χ1n) is 3.47. The van der Waals surface area contributed by atoms with Gasteiger partial charge in [0.2, 0.25) is 0 Å². The van der Waals surface area contributed by atoms with Gasteiger partial charge in [-0.3, -0.25) is 4.79 Å². The standard InChI is InChI=1S/C7H13NO3/c1-5(9)3-4-6(8-2)7(10)11/h6,8H,3-4H2,1-2H3,(H,10,11)/t6-/m0/s1. The molecular formula is C7H13NO3. The van der Waals surface area contributed by atoms with Crippen molar-refractivity contribution in [1.29, 1.82) is 0 Å². The van der Waals surface area contributed by atoms with Gasteiger partial charge in [0.05, 0.1) is 0 Å². The van der Waals surface area contributed by atoms with Crippen LogP contribution in [0.3, 0.4) is 0 Å². The zero-order valence-corrected chi connectivity index (χ0v) is 6.76. The van der Waals surface area contributed by atoms with Crippen molar-refractivity contribution in [2.45, 2.75) is 25.8 Å². The van der Waals surface area contributed by atoms with Gasteiger partial charge in [-0.25, -0.2) is 0 Å². The van der Waals surface area contributed by atoms with Gasteiger partial charge in [-0.05, 0) is 20.4 Å². The van der Waals surface area contributed by atoms with Crippen LogP contribution in [0.2, 0.25) is 0 Å². The van der Waals surface area contributed by atoms with E-state index in [2.05, 4.69) is 5.32 Å². The van der Waals surface area contributed by atoms with E-state index in [-0.39, 0.29) is 5.78 Å². The van der Waals surface area contributed by atoms with E-state index in [4.69, 9.17) is 5.11 Å². The van der Waals surface area contributed by atoms with Crippen molar-refractivity contribution in [2.75, 3.05) is 7.05 Å². The summed E-state index contributed by atoms with van der Waals surface area (Å²) in [5, 5.41) is 11.1. The second kappa shape index (κ2) is 4.85. The summed E-state index contributed by atoms with van der Waals surface area (Å²) in [6.45, 7) is 1.45. The fourth-order valence-corrected chi connectivity index (χ4v) is 0.739. The van der Waals surface area contributed by atoms with Crippen LogP contribution < -0.4 is 5.32 Å². The van der Waals surface area contributed by atoms with Crippen molar-refractivity contribution in [1.82, 2.24) is 5.32 Å². The summed E-state index contributed by atoms with van der Waals surface area (Å²) in [4.78, 5) is 20.8. The Morgan fingerprint density at radius 3 is 2.36 bits per heavy atom. The number of likely N-dealkylation sites (N-methyl/N-ethyl adjacent to an activating group) is 1. The maximum Gasteiger partial charge on any atom is 0.320 e. The van der Waals surface area contributed by atoms with Gasteiger partial charge in [0, 0.05) is 6.42 Å². The molecule has 0 fully saturated rings. The van der Waals surface area contributed by atoms with Gasteiger partial charge < -0.3 is 15.2 Å². The van der Waals surface area contributed by atoms with Crippen molar-refractivity contribution in [2.24, 2.45) is 0 Å². The number of carboxylic acid groups (broad SMARTS) is 1. The Hall–Kier alpha value is -0.900. The summed E-state index contributed by atoms with van der Waals surface area (Å²) in [6.07, 6.45) is 0.680. The molecule has 0 aliphatic carbocycles. The number of carbonyl (C=O) groups excluding carboxylic acids is 1. The van der Waals surface area contributed by atoms with E-state index < -0.39 is 12.0 Å². The lowest BCUT2D eigenvalue weighted by atomic mass is 10.1. The Bertz CT molecular complexity index is 156. The minimum atomic E-state index is -0.909. The molecule has 0 aliphatic rings. The molecule has 0 saturated carbocycles. The molecule has 0 rings (SSSR count). The Balaban J connectivity index is 3.70. The summed E-state index contributed by atoms with van der Waals surface area (Å²) in [6, 6.07) is -0.598. The predicted molar refractivity (Wildman–Crippen MR) is 40.4 cm³/mol. The zero-order valence-electron chi connectivity index (χ0n) is 6.76. The molecule has 0 spiro atoms. The van der Waals surface area contributed by atoms with E-state index in [0.717, 1.165) is 0 Å². The molecule has 0 aromatic rings. The molecule has 0 amide bonds. The predicted octanol–water partition coefficient (Wildman–Crippen LogP) is 0.0282. The number of ketones is 1. The molecule has 2 N–H and O–H groups in total. The number of carboxylic acids is 1. The second-order valence-corrected chi connectivity index (χ2v) is 2.42. The topological polar surface area (TPSA) is 66.4 Å². The minimum absolute atomic E-state index is 0.0199. The highest BCUT2D eigenvalue weighted by Gasteiger charge is 2.14. The van der Waals surface area contributed by atoms with Crippen molar-refractivity contribution >= 4 is 11.8 Å². The first-order chi connectivity index (χ1) is 5.07. The van der Waals surface area contributed by atoms with Crippen LogP contribution in [0.4, 0.5) is 0 Å². The first kappa shape index (κ1) is 10.1. The molecule has 0 radical (unpaired) electrons. The monoisotopic (exact) mass is 159 g/mol. The van der Waals surface area contributed by atoms with Crippen LogP contribution in [-0.4, -0.2) is 29.9 Å². The number of rotatable bonds is 5. The summed E-state index contributed by atoms with van der Waals surface area (Å²) in [5.41, 5.74) is 0. The summed E-state index contributed by atoms with van der Waals surface area (Å²) < 4.78 is 0. The molecule has 0 aromatic carbocycles. The maximum atomic E-state index is 10.5. The van der Waals surface area contributed by atoms with Crippen LogP contribution in [0, 0.1) is 0 Å². The molecule has 0 aliphatic heterocycles. The van der Waals surface area contributed by atoms with Gasteiger partial charge in [0.1, 0.15) is 11.8 Å². The molecule has 0 saturated heterocycles. The Labute approximate surface area is 65.6 Å². The smallest absolute Gasteiger partial charge is 0.320 e. The molecule has 0 unspecified atom stereocenters. The van der Waals surface area contributed by atoms with E-state index in [1.807, 2.05) is 0 Å². The van der Waals surface area contributed by atoms with Gasteiger partial charge in [0.25, 0.3) is 0 Å². The molecule has 11 heavy (non-hydrogen) atoms. The highest BCUT2D eigenvalue weighted by atomic mass is 16.4. The van der Waals surface area contributed by atoms with Gasteiger partial charge in [0.15, 0.2) is 0 Å². The van der Waals surface area contributed by atoms with Crippen LogP contribution in [0.1, 0.15) is 19.8 Å². The van der Waals surface area contributed by atoms with Crippen molar-refractivity contribution < 1.29 is 14.7 Å². The fraction of sp³-hybridized carbons (Fsp3) is 0.714. The Kier molecular flexibility index (Phi) is 4.45. The van der Waals surface area contributed by atoms with E-state index in [1.54, 1.807) is 7.05 Å². The molecular weight excluding hydrogens is 146 g/mol. The third-order valence-corrected chi connectivity index (χ3v) is 1.43. The summed E-state index contributed by atoms with van der Waals surface area (Å²) >= 11 is 0. The van der Waals surface area contributed by atoms with E-state index in [1.165, 1.54) is 6.92 Å². The van der Waals surface area contributed by atoms with Crippen LogP contribution in [0.15, 0.2) is 0 Å². The fourth-order valence-electron chi connectivity index (χ4n) is 0.739. The molecule has 1 atom stereocenters. The van der Waals surface area contributed by atoms with Gasteiger partial charge >= 0.3 is 5.97 Å². The van der Waals surface area contributed by atoms with Crippen molar-refractivity contribution in [3.8, 4) is 0 Å². The number of hydrogen-bond acceptors (Lipinski definition) is 3. The summed E-state index contributed by atoms with van der Waals surface area (Å²) in [7, 11) is 1.57. The average molecular weight is 159 g/mol. The van der Waals surface area contributed by atoms with E-state index >= 15 is 0 Å². The summed E-state index contributed by atoms with van der Waals surface area (Å²) in [5.74, 6) is -0.889. The zero-order chi connectivity index (χ0) is 8.85. The number of nitrogens with one attached hydrogen (secondary N) is 1. The van der Waals surface area contributed by atoms with Gasteiger partial charge in [-0.2, -0.15) is 0 Å². The third-order valence-electron chi connectivity index (χ3n) is 1.43. The highest BCUT2D eigenvalue weighted by Crippen LogP contribution is 1.97. The SMILES string of the molecule is CN[C@@H](CCC(C)=O)C(=O)O. The quantitative estimate of drug-likeness (QED) is 0.594. The molecule has 0 bridgehead atoms. The average Bonchev–Trinajstić information content (AvgIpc) is 1.87. The maximum absolute atomic E-state index is 10.5. The lowest BCUT2D eigenvalue weighted by Gasteiger charge is -2.08. The molecule has 64 valence electrons. The minimum Gasteiger partial charge on any atom is -0.480 e. The number of aliphatic carboxylic acids is 1. The van der Waals surface area contributed by atoms with Crippen LogP contribution in [0.25, 0.3) is 0 Å². The molecule has 4 nitrogen and oxygen atoms in total. The molecule has 0 aromatic heterocycles. The molecule has 4 heteroatoms. The normalized spacial score (nSPS) is 12.5. The van der Waals surface area contributed by atoms with Crippen molar-refractivity contribution in [3.05, 3.63) is 0 Å². The van der Waals surface area contributed by atoms with Crippen LogP contribution >= 0.6 is 0 Å². The Morgan fingerprint density at radius 2 is 2.09 bits per heavy atom. The largest absolute Gasteiger partial charge is 0.480 e. The number of carbonyl (C=O) groups is 2. The molecule has 0 heterocycles. The lowest BCUT2D eigenvalue weighted by molar-refractivity contribution is -0.139. The second-order valence-electron chi connectivity index (χ2n) is 2.42. The Morgan fingerprint density at radius 1 is 1.55 bits per heavy atom. The van der Waals surface area contributed by atoms with E-state index in [9.17, 15) is 9.59 Å². The first-order valence-corrected chi connectivity index (χ1v) is 3.47. The number of hydrogen-bond donors (Lipinski definition) is 2. The van der Waals surface area contributed by atoms with Crippen LogP contribution in [-0.2, 0) is 9.59 Å². The van der Waals surface area contributed by atoms with Crippen LogP contribution in [0.5, 0.6) is 0 Å². The third kappa shape index (κ3) is 4.50. The van der Waals surface area contributed by atoms with E-state index in [0.29, 0.717) is 12.8 Å². The van der Waals surface area contributed by atoms with Gasteiger partial charge in [-0.15, -0.1) is 0 Å².